The fourth-order valence-corrected chi connectivity index (χ4v) is 3.75. The van der Waals surface area contributed by atoms with E-state index < -0.39 is 0 Å². The molecule has 2 heterocycles. The molecular weight excluding hydrogens is 360 g/mol. The van der Waals surface area contributed by atoms with Crippen LogP contribution in [0.5, 0.6) is 11.5 Å². The number of thioether (sulfide) groups is 1. The number of aryl methyl sites for hydroxylation is 1. The van der Waals surface area contributed by atoms with Gasteiger partial charge in [-0.15, -0.1) is 0 Å². The van der Waals surface area contributed by atoms with Crippen molar-refractivity contribution in [2.75, 3.05) is 19.0 Å². The van der Waals surface area contributed by atoms with Crippen LogP contribution in [0.3, 0.4) is 0 Å². The fourth-order valence-electron chi connectivity index (χ4n) is 2.93. The van der Waals surface area contributed by atoms with Crippen molar-refractivity contribution in [2.24, 2.45) is 0 Å². The van der Waals surface area contributed by atoms with Gasteiger partial charge in [0.05, 0.1) is 11.3 Å². The predicted octanol–water partition coefficient (Wildman–Crippen LogP) is 3.72. The molecule has 0 aliphatic carbocycles. The SMILES string of the molecule is Cc1cc2cc3c(cc2nc1SCC(=O)NCc1ccccc1)OCCO3. The maximum Gasteiger partial charge on any atom is 0.230 e. The smallest absolute Gasteiger partial charge is 0.230 e. The highest BCUT2D eigenvalue weighted by Gasteiger charge is 2.15. The Balaban J connectivity index is 1.43. The molecule has 0 saturated carbocycles. The van der Waals surface area contributed by atoms with Gasteiger partial charge in [0.1, 0.15) is 18.2 Å². The maximum atomic E-state index is 12.2. The third-order valence-corrected chi connectivity index (χ3v) is 5.39. The number of nitrogens with one attached hydrogen (secondary N) is 1. The van der Waals surface area contributed by atoms with Gasteiger partial charge in [-0.25, -0.2) is 4.98 Å². The van der Waals surface area contributed by atoms with Gasteiger partial charge in [0.25, 0.3) is 0 Å². The standard InChI is InChI=1S/C21H20N2O3S/c1-14-9-16-10-18-19(26-8-7-25-18)11-17(16)23-21(14)27-13-20(24)22-12-15-5-3-2-4-6-15/h2-6,9-11H,7-8,12-13H2,1H3,(H,22,24). The second-order valence-corrected chi connectivity index (χ2v) is 7.31. The van der Waals surface area contributed by atoms with Crippen molar-refractivity contribution < 1.29 is 14.3 Å². The molecule has 0 spiro atoms. The average Bonchev–Trinajstić information content (AvgIpc) is 2.70. The summed E-state index contributed by atoms with van der Waals surface area (Å²) in [5, 5.41) is 4.81. The van der Waals surface area contributed by atoms with E-state index in [2.05, 4.69) is 11.4 Å². The number of carbonyl (C=O) groups excluding carboxylic acids is 1. The molecule has 1 amide bonds. The molecule has 0 radical (unpaired) electrons. The summed E-state index contributed by atoms with van der Waals surface area (Å²) < 4.78 is 11.3. The summed E-state index contributed by atoms with van der Waals surface area (Å²) in [7, 11) is 0. The number of pyridine rings is 1. The Labute approximate surface area is 162 Å². The van der Waals surface area contributed by atoms with Gasteiger partial charge in [0.2, 0.25) is 5.91 Å². The number of fused-ring (bicyclic) bond motifs is 2. The van der Waals surface area contributed by atoms with E-state index in [-0.39, 0.29) is 5.91 Å². The van der Waals surface area contributed by atoms with Crippen LogP contribution in [0.15, 0.2) is 53.6 Å². The lowest BCUT2D eigenvalue weighted by Crippen LogP contribution is -2.24. The van der Waals surface area contributed by atoms with Crippen LogP contribution in [0.1, 0.15) is 11.1 Å². The van der Waals surface area contributed by atoms with E-state index in [1.54, 1.807) is 0 Å². The molecule has 0 unspecified atom stereocenters. The summed E-state index contributed by atoms with van der Waals surface area (Å²) in [6.07, 6.45) is 0. The van der Waals surface area contributed by atoms with Crippen molar-refractivity contribution in [3.05, 3.63) is 59.7 Å². The lowest BCUT2D eigenvalue weighted by molar-refractivity contribution is -0.118. The van der Waals surface area contributed by atoms with Gasteiger partial charge in [-0.1, -0.05) is 42.1 Å². The first-order chi connectivity index (χ1) is 13.2. The van der Waals surface area contributed by atoms with Crippen molar-refractivity contribution in [2.45, 2.75) is 18.5 Å². The molecule has 1 aliphatic rings. The molecular formula is C21H20N2O3S. The minimum atomic E-state index is -0.00711. The molecule has 1 N–H and O–H groups in total. The first-order valence-corrected chi connectivity index (χ1v) is 9.82. The molecule has 4 rings (SSSR count). The van der Waals surface area contributed by atoms with Crippen molar-refractivity contribution >= 4 is 28.6 Å². The Morgan fingerprint density at radius 2 is 1.85 bits per heavy atom. The summed E-state index contributed by atoms with van der Waals surface area (Å²) in [5.41, 5.74) is 2.97. The fraction of sp³-hybridized carbons (Fsp3) is 0.238. The summed E-state index contributed by atoms with van der Waals surface area (Å²) in [6.45, 7) is 3.66. The molecule has 2 aromatic carbocycles. The number of hydrogen-bond donors (Lipinski definition) is 1. The summed E-state index contributed by atoms with van der Waals surface area (Å²) in [4.78, 5) is 16.9. The van der Waals surface area contributed by atoms with Crippen molar-refractivity contribution in [3.8, 4) is 11.5 Å². The van der Waals surface area contributed by atoms with Gasteiger partial charge >= 0.3 is 0 Å². The molecule has 0 bridgehead atoms. The minimum absolute atomic E-state index is 0.00711. The van der Waals surface area contributed by atoms with E-state index in [1.807, 2.05) is 49.4 Å². The van der Waals surface area contributed by atoms with Crippen LogP contribution in [0.4, 0.5) is 0 Å². The molecule has 6 heteroatoms. The van der Waals surface area contributed by atoms with Crippen molar-refractivity contribution in [1.29, 1.82) is 0 Å². The first kappa shape index (κ1) is 17.7. The van der Waals surface area contributed by atoms with Gasteiger partial charge in [-0.05, 0) is 30.2 Å². The number of rotatable bonds is 5. The Bertz CT molecular complexity index is 976. The topological polar surface area (TPSA) is 60.5 Å². The van der Waals surface area contributed by atoms with E-state index >= 15 is 0 Å². The van der Waals surface area contributed by atoms with Crippen LogP contribution in [0.25, 0.3) is 10.9 Å². The van der Waals surface area contributed by atoms with E-state index in [0.717, 1.165) is 38.6 Å². The zero-order valence-corrected chi connectivity index (χ0v) is 15.8. The van der Waals surface area contributed by atoms with Crippen LogP contribution in [-0.4, -0.2) is 29.9 Å². The number of aromatic nitrogens is 1. The molecule has 138 valence electrons. The Morgan fingerprint density at radius 3 is 2.63 bits per heavy atom. The monoisotopic (exact) mass is 380 g/mol. The third-order valence-electron chi connectivity index (χ3n) is 4.30. The van der Waals surface area contributed by atoms with Crippen LogP contribution >= 0.6 is 11.8 Å². The zero-order valence-electron chi connectivity index (χ0n) is 15.0. The van der Waals surface area contributed by atoms with E-state index in [1.165, 1.54) is 11.8 Å². The molecule has 27 heavy (non-hydrogen) atoms. The second kappa shape index (κ2) is 7.88. The largest absolute Gasteiger partial charge is 0.486 e. The van der Waals surface area contributed by atoms with Gasteiger partial charge in [-0.2, -0.15) is 0 Å². The Hall–Kier alpha value is -2.73. The van der Waals surface area contributed by atoms with Gasteiger partial charge in [-0.3, -0.25) is 4.79 Å². The van der Waals surface area contributed by atoms with Crippen LogP contribution in [0.2, 0.25) is 0 Å². The number of ether oxygens (including phenoxy) is 2. The highest BCUT2D eigenvalue weighted by molar-refractivity contribution is 7.99. The summed E-state index contributed by atoms with van der Waals surface area (Å²) in [6, 6.07) is 15.8. The molecule has 3 aromatic rings. The Morgan fingerprint density at radius 1 is 1.11 bits per heavy atom. The van der Waals surface area contributed by atoms with Crippen molar-refractivity contribution in [3.63, 3.8) is 0 Å². The zero-order chi connectivity index (χ0) is 18.6. The number of carbonyl (C=O) groups is 1. The first-order valence-electron chi connectivity index (χ1n) is 8.83. The highest BCUT2D eigenvalue weighted by atomic mass is 32.2. The lowest BCUT2D eigenvalue weighted by Gasteiger charge is -2.19. The lowest BCUT2D eigenvalue weighted by atomic mass is 10.1. The molecule has 5 nitrogen and oxygen atoms in total. The van der Waals surface area contributed by atoms with Gasteiger partial charge < -0.3 is 14.8 Å². The Kier molecular flexibility index (Phi) is 5.16. The average molecular weight is 380 g/mol. The molecule has 1 aliphatic heterocycles. The van der Waals surface area contributed by atoms with Crippen molar-refractivity contribution in [1.82, 2.24) is 10.3 Å². The van der Waals surface area contributed by atoms with Gasteiger partial charge in [0, 0.05) is 18.0 Å². The number of benzene rings is 2. The second-order valence-electron chi connectivity index (χ2n) is 6.35. The van der Waals surface area contributed by atoms with E-state index in [4.69, 9.17) is 14.5 Å². The third kappa shape index (κ3) is 4.17. The predicted molar refractivity (Wildman–Crippen MR) is 106 cm³/mol. The number of amides is 1. The normalized spacial score (nSPS) is 12.8. The van der Waals surface area contributed by atoms with Crippen LogP contribution in [-0.2, 0) is 11.3 Å². The minimum Gasteiger partial charge on any atom is -0.486 e. The maximum absolute atomic E-state index is 12.2. The van der Waals surface area contributed by atoms with Gasteiger partial charge in [0.15, 0.2) is 11.5 Å². The van der Waals surface area contributed by atoms with Crippen LogP contribution < -0.4 is 14.8 Å². The molecule has 1 aromatic heterocycles. The van der Waals surface area contributed by atoms with Crippen LogP contribution in [0, 0.1) is 6.92 Å². The molecule has 0 atom stereocenters. The van der Waals surface area contributed by atoms with E-state index in [0.29, 0.717) is 25.5 Å². The summed E-state index contributed by atoms with van der Waals surface area (Å²) >= 11 is 1.45. The number of hydrogen-bond acceptors (Lipinski definition) is 5. The number of nitrogens with zero attached hydrogens (tertiary/aromatic N) is 1. The summed E-state index contributed by atoms with van der Waals surface area (Å²) in [5.74, 6) is 1.81. The highest BCUT2D eigenvalue weighted by Crippen LogP contribution is 2.35. The quantitative estimate of drug-likeness (QED) is 0.684. The van der Waals surface area contributed by atoms with E-state index in [9.17, 15) is 4.79 Å². The molecule has 0 fully saturated rings. The molecule has 0 saturated heterocycles.